The second-order valence-electron chi connectivity index (χ2n) is 9.23. The summed E-state index contributed by atoms with van der Waals surface area (Å²) in [5, 5.41) is 1.81. The van der Waals surface area contributed by atoms with Gasteiger partial charge in [-0.15, -0.1) is 0 Å². The smallest absolute Gasteiger partial charge is 0.410 e. The normalized spacial score (nSPS) is 16.1. The molecule has 0 radical (unpaired) electrons. The predicted octanol–water partition coefficient (Wildman–Crippen LogP) is 6.37. The van der Waals surface area contributed by atoms with Crippen LogP contribution in [0.4, 0.5) is 4.79 Å². The Morgan fingerprint density at radius 1 is 1.25 bits per heavy atom. The molecule has 5 rings (SSSR count). The van der Waals surface area contributed by atoms with Crippen LogP contribution in [0, 0.1) is 0 Å². The first-order chi connectivity index (χ1) is 17.5. The van der Waals surface area contributed by atoms with Gasteiger partial charge in [0.05, 0.1) is 12.9 Å². The van der Waals surface area contributed by atoms with E-state index < -0.39 is 0 Å². The molecule has 7 nitrogen and oxygen atoms in total. The van der Waals surface area contributed by atoms with Gasteiger partial charge in [-0.1, -0.05) is 30.7 Å². The number of aromatic amines is 1. The number of H-pyrrole nitrogens is 1. The quantitative estimate of drug-likeness (QED) is 0.282. The van der Waals surface area contributed by atoms with Crippen LogP contribution >= 0.6 is 11.6 Å². The Bertz CT molecular complexity index is 1320. The van der Waals surface area contributed by atoms with E-state index in [2.05, 4.69) is 9.97 Å². The fraction of sp³-hybridized carbons (Fsp3) is 0.357. The van der Waals surface area contributed by atoms with Crippen molar-refractivity contribution in [1.29, 1.82) is 0 Å². The molecule has 1 N–H and O–H groups in total. The molecule has 2 aromatic carbocycles. The Morgan fingerprint density at radius 3 is 2.83 bits per heavy atom. The highest BCUT2D eigenvalue weighted by molar-refractivity contribution is 6.31. The molecule has 0 aliphatic carbocycles. The third-order valence-electron chi connectivity index (χ3n) is 6.78. The van der Waals surface area contributed by atoms with E-state index >= 15 is 0 Å². The minimum atomic E-state index is -0.295. The number of aryl methyl sites for hydroxylation is 1. The predicted molar refractivity (Wildman–Crippen MR) is 141 cm³/mol. The number of imidazole rings is 1. The molecule has 3 heterocycles. The van der Waals surface area contributed by atoms with Crippen molar-refractivity contribution in [1.82, 2.24) is 19.4 Å². The summed E-state index contributed by atoms with van der Waals surface area (Å²) in [6.07, 6.45) is 7.49. The maximum atomic E-state index is 13.2. The number of amides is 1. The lowest BCUT2D eigenvalue weighted by atomic mass is 9.92. The molecule has 0 saturated heterocycles. The standard InChI is InChI=1S/C28H31ClN4O3/c1-3-19(2)36-28(34)33-14-11-23-24-17-21(29)7-10-25(24)31-26(23)27(33)20-5-8-22(9-6-20)35-16-4-13-32-15-12-30-18-32/h5-10,12,15,17-19,27,31H,3-4,11,13-14,16H2,1-2H3. The molecule has 2 atom stereocenters. The molecule has 4 aromatic rings. The molecule has 0 spiro atoms. The third-order valence-corrected chi connectivity index (χ3v) is 7.02. The van der Waals surface area contributed by atoms with Crippen molar-refractivity contribution in [3.63, 3.8) is 0 Å². The van der Waals surface area contributed by atoms with Gasteiger partial charge in [0, 0.05) is 47.1 Å². The van der Waals surface area contributed by atoms with Crippen LogP contribution in [-0.4, -0.2) is 44.8 Å². The summed E-state index contributed by atoms with van der Waals surface area (Å²) in [5.74, 6) is 0.803. The van der Waals surface area contributed by atoms with Crippen molar-refractivity contribution in [2.24, 2.45) is 0 Å². The second kappa shape index (κ2) is 10.7. The number of rotatable bonds is 8. The van der Waals surface area contributed by atoms with Gasteiger partial charge >= 0.3 is 6.09 Å². The third kappa shape index (κ3) is 5.07. The zero-order valence-electron chi connectivity index (χ0n) is 20.6. The van der Waals surface area contributed by atoms with Crippen molar-refractivity contribution in [3.8, 4) is 5.75 Å². The van der Waals surface area contributed by atoms with Crippen LogP contribution in [0.2, 0.25) is 5.02 Å². The lowest BCUT2D eigenvalue weighted by molar-refractivity contribution is 0.0579. The highest BCUT2D eigenvalue weighted by atomic mass is 35.5. The molecular weight excluding hydrogens is 476 g/mol. The fourth-order valence-corrected chi connectivity index (χ4v) is 4.90. The Balaban J connectivity index is 1.39. The van der Waals surface area contributed by atoms with E-state index in [0.29, 0.717) is 18.2 Å². The fourth-order valence-electron chi connectivity index (χ4n) is 4.73. The van der Waals surface area contributed by atoms with E-state index in [4.69, 9.17) is 21.1 Å². The van der Waals surface area contributed by atoms with Crippen molar-refractivity contribution >= 4 is 28.6 Å². The van der Waals surface area contributed by atoms with Gasteiger partial charge in [-0.25, -0.2) is 9.78 Å². The van der Waals surface area contributed by atoms with Crippen LogP contribution in [0.15, 0.2) is 61.2 Å². The highest BCUT2D eigenvalue weighted by Gasteiger charge is 2.36. The van der Waals surface area contributed by atoms with Gasteiger partial charge in [0.15, 0.2) is 0 Å². The number of aromatic nitrogens is 3. The van der Waals surface area contributed by atoms with E-state index in [1.807, 2.05) is 78.3 Å². The van der Waals surface area contributed by atoms with Crippen LogP contribution in [0.3, 0.4) is 0 Å². The first-order valence-electron chi connectivity index (χ1n) is 12.5. The lowest BCUT2D eigenvalue weighted by Gasteiger charge is -2.36. The molecule has 2 aromatic heterocycles. The average Bonchev–Trinajstić information content (AvgIpc) is 3.54. The van der Waals surface area contributed by atoms with Crippen molar-refractivity contribution in [2.75, 3.05) is 13.2 Å². The van der Waals surface area contributed by atoms with Gasteiger partial charge in [0.1, 0.15) is 17.9 Å². The van der Waals surface area contributed by atoms with Crippen molar-refractivity contribution in [3.05, 3.63) is 83.0 Å². The Hall–Kier alpha value is -3.45. The summed E-state index contributed by atoms with van der Waals surface area (Å²) in [6.45, 7) is 5.98. The number of nitrogens with one attached hydrogen (secondary N) is 1. The molecule has 36 heavy (non-hydrogen) atoms. The van der Waals surface area contributed by atoms with Crippen LogP contribution < -0.4 is 4.74 Å². The average molecular weight is 507 g/mol. The Morgan fingerprint density at radius 2 is 2.08 bits per heavy atom. The minimum Gasteiger partial charge on any atom is -0.494 e. The molecule has 0 fully saturated rings. The van der Waals surface area contributed by atoms with Crippen molar-refractivity contribution in [2.45, 2.75) is 51.8 Å². The van der Waals surface area contributed by atoms with Gasteiger partial charge in [0.2, 0.25) is 0 Å². The molecule has 1 aliphatic heterocycles. The van der Waals surface area contributed by atoms with E-state index in [-0.39, 0.29) is 18.2 Å². The lowest BCUT2D eigenvalue weighted by Crippen LogP contribution is -2.41. The number of halogens is 1. The van der Waals surface area contributed by atoms with Crippen LogP contribution in [-0.2, 0) is 17.7 Å². The summed E-state index contributed by atoms with van der Waals surface area (Å²) < 4.78 is 13.7. The van der Waals surface area contributed by atoms with Gasteiger partial charge in [-0.2, -0.15) is 0 Å². The monoisotopic (exact) mass is 506 g/mol. The molecule has 1 aliphatic rings. The van der Waals surface area contributed by atoms with Crippen molar-refractivity contribution < 1.29 is 14.3 Å². The summed E-state index contributed by atoms with van der Waals surface area (Å²) in [6, 6.07) is 13.6. The Labute approximate surface area is 216 Å². The summed E-state index contributed by atoms with van der Waals surface area (Å²) >= 11 is 6.31. The highest BCUT2D eigenvalue weighted by Crippen LogP contribution is 2.40. The van der Waals surface area contributed by atoms with Crippen LogP contribution in [0.5, 0.6) is 5.75 Å². The molecule has 188 valence electrons. The minimum absolute atomic E-state index is 0.140. The molecule has 2 unspecified atom stereocenters. The number of carbonyl (C=O) groups is 1. The summed E-state index contributed by atoms with van der Waals surface area (Å²) in [5.41, 5.74) is 4.23. The van der Waals surface area contributed by atoms with Gasteiger partial charge in [-0.05, 0) is 67.6 Å². The largest absolute Gasteiger partial charge is 0.494 e. The molecule has 0 saturated carbocycles. The SMILES string of the molecule is CCC(C)OC(=O)N1CCc2c([nH]c3ccc(Cl)cc23)C1c1ccc(OCCCn2ccnc2)cc1. The first kappa shape index (κ1) is 24.3. The number of carbonyl (C=O) groups excluding carboxylic acids is 1. The number of benzene rings is 2. The molecule has 0 bridgehead atoms. The molecular formula is C28H31ClN4O3. The van der Waals surface area contributed by atoms with Crippen LogP contribution in [0.25, 0.3) is 10.9 Å². The maximum absolute atomic E-state index is 13.2. The zero-order valence-corrected chi connectivity index (χ0v) is 21.4. The van der Waals surface area contributed by atoms with E-state index in [1.54, 1.807) is 6.20 Å². The number of nitrogens with zero attached hydrogens (tertiary/aromatic N) is 3. The topological polar surface area (TPSA) is 72.4 Å². The molecule has 8 heteroatoms. The van der Waals surface area contributed by atoms with Gasteiger partial charge in [-0.3, -0.25) is 4.90 Å². The Kier molecular flexibility index (Phi) is 7.18. The maximum Gasteiger partial charge on any atom is 0.410 e. The summed E-state index contributed by atoms with van der Waals surface area (Å²) in [4.78, 5) is 22.7. The van der Waals surface area contributed by atoms with E-state index in [9.17, 15) is 4.79 Å². The van der Waals surface area contributed by atoms with Crippen LogP contribution in [0.1, 0.15) is 49.6 Å². The van der Waals surface area contributed by atoms with E-state index in [1.165, 1.54) is 5.56 Å². The second-order valence-corrected chi connectivity index (χ2v) is 9.66. The van der Waals surface area contributed by atoms with Gasteiger partial charge in [0.25, 0.3) is 0 Å². The first-order valence-corrected chi connectivity index (χ1v) is 12.9. The number of fused-ring (bicyclic) bond motifs is 3. The summed E-state index contributed by atoms with van der Waals surface area (Å²) in [7, 11) is 0. The van der Waals surface area contributed by atoms with E-state index in [0.717, 1.165) is 53.7 Å². The number of hydrogen-bond donors (Lipinski definition) is 1. The zero-order chi connectivity index (χ0) is 25.1. The van der Waals surface area contributed by atoms with Gasteiger partial charge < -0.3 is 19.0 Å². The number of hydrogen-bond acceptors (Lipinski definition) is 4. The number of ether oxygens (including phenoxy) is 2. The molecule has 1 amide bonds.